The van der Waals surface area contributed by atoms with Gasteiger partial charge >= 0.3 is 0 Å². The van der Waals surface area contributed by atoms with Crippen LogP contribution in [0.1, 0.15) is 44.9 Å². The Morgan fingerprint density at radius 1 is 1.15 bits per heavy atom. The Morgan fingerprint density at radius 3 is 2.44 bits per heavy atom. The SMILES string of the molecule is CS/C(=N\N=C\c1ccc(-n2ccc(C)n2)cc1ON)OC1CC2C(C)C(C)C(C)C(C1)N2C. The van der Waals surface area contributed by atoms with E-state index in [1.165, 1.54) is 11.8 Å². The van der Waals surface area contributed by atoms with Crippen molar-refractivity contribution < 1.29 is 9.57 Å². The van der Waals surface area contributed by atoms with Crippen LogP contribution in [0, 0.1) is 24.7 Å². The lowest BCUT2D eigenvalue weighted by atomic mass is 9.67. The first-order valence-electron chi connectivity index (χ1n) is 11.9. The molecule has 4 rings (SSSR count). The first-order chi connectivity index (χ1) is 16.3. The summed E-state index contributed by atoms with van der Waals surface area (Å²) >= 11 is 1.47. The van der Waals surface area contributed by atoms with Gasteiger partial charge < -0.3 is 9.57 Å². The number of fused-ring (bicyclic) bond motifs is 2. The molecule has 1 aromatic heterocycles. The van der Waals surface area contributed by atoms with E-state index in [0.29, 0.717) is 34.9 Å². The van der Waals surface area contributed by atoms with E-state index < -0.39 is 0 Å². The van der Waals surface area contributed by atoms with Crippen LogP contribution in [0.2, 0.25) is 0 Å². The molecule has 184 valence electrons. The van der Waals surface area contributed by atoms with Gasteiger partial charge in [0, 0.05) is 42.8 Å². The minimum Gasteiger partial charge on any atom is -0.468 e. The van der Waals surface area contributed by atoms with Crippen molar-refractivity contribution in [1.29, 1.82) is 0 Å². The molecule has 1 aromatic carbocycles. The fraction of sp³-hybridized carbons (Fsp3) is 0.560. The van der Waals surface area contributed by atoms with E-state index in [1.54, 1.807) is 10.9 Å². The number of nitrogens with zero attached hydrogens (tertiary/aromatic N) is 5. The van der Waals surface area contributed by atoms with E-state index in [0.717, 1.165) is 35.7 Å². The van der Waals surface area contributed by atoms with E-state index in [9.17, 15) is 0 Å². The van der Waals surface area contributed by atoms with Crippen molar-refractivity contribution in [3.8, 4) is 11.4 Å². The Morgan fingerprint density at radius 2 is 1.85 bits per heavy atom. The zero-order chi connectivity index (χ0) is 24.4. The fourth-order valence-electron chi connectivity index (χ4n) is 5.49. The average Bonchev–Trinajstić information content (AvgIpc) is 3.28. The van der Waals surface area contributed by atoms with Crippen LogP contribution >= 0.6 is 11.8 Å². The third-order valence-electron chi connectivity index (χ3n) is 7.82. The molecule has 2 aliphatic heterocycles. The van der Waals surface area contributed by atoms with Crippen LogP contribution in [-0.2, 0) is 4.74 Å². The maximum absolute atomic E-state index is 6.34. The number of hydrogen-bond acceptors (Lipinski definition) is 8. The number of rotatable bonds is 5. The first kappa shape index (κ1) is 24.8. The van der Waals surface area contributed by atoms with Crippen LogP contribution < -0.4 is 10.7 Å². The first-order valence-corrected chi connectivity index (χ1v) is 13.1. The molecule has 0 spiro atoms. The summed E-state index contributed by atoms with van der Waals surface area (Å²) in [6.45, 7) is 9.10. The lowest BCUT2D eigenvalue weighted by Crippen LogP contribution is -2.60. The lowest BCUT2D eigenvalue weighted by molar-refractivity contribution is -0.0787. The summed E-state index contributed by atoms with van der Waals surface area (Å²) in [7, 11) is 2.27. The molecule has 0 saturated carbocycles. The van der Waals surface area contributed by atoms with Crippen LogP contribution in [0.5, 0.6) is 5.75 Å². The average molecular weight is 485 g/mol. The van der Waals surface area contributed by atoms with E-state index >= 15 is 0 Å². The van der Waals surface area contributed by atoms with E-state index in [4.69, 9.17) is 15.5 Å². The molecule has 4 unspecified atom stereocenters. The number of piperidine rings is 2. The van der Waals surface area contributed by atoms with Crippen LogP contribution in [0.3, 0.4) is 0 Å². The van der Waals surface area contributed by atoms with E-state index in [2.05, 4.69) is 48.0 Å². The number of aromatic nitrogens is 2. The maximum atomic E-state index is 6.34. The van der Waals surface area contributed by atoms with Crippen molar-refractivity contribution in [2.45, 2.75) is 58.7 Å². The second-order valence-electron chi connectivity index (χ2n) is 9.65. The predicted octanol–water partition coefficient (Wildman–Crippen LogP) is 4.26. The molecule has 2 bridgehead atoms. The van der Waals surface area contributed by atoms with Crippen LogP contribution in [0.25, 0.3) is 5.69 Å². The van der Waals surface area contributed by atoms with Crippen LogP contribution in [0.15, 0.2) is 40.7 Å². The minimum atomic E-state index is 0.157. The molecule has 4 atom stereocenters. The van der Waals surface area contributed by atoms with E-state index in [-0.39, 0.29) is 6.10 Å². The minimum absolute atomic E-state index is 0.157. The van der Waals surface area contributed by atoms with Gasteiger partial charge in [-0.25, -0.2) is 4.68 Å². The highest BCUT2D eigenvalue weighted by Gasteiger charge is 2.47. The molecule has 0 radical (unpaired) electrons. The van der Waals surface area contributed by atoms with Gasteiger partial charge in [0.05, 0.1) is 17.6 Å². The van der Waals surface area contributed by atoms with Gasteiger partial charge in [-0.1, -0.05) is 32.5 Å². The normalized spacial score (nSPS) is 30.0. The molecule has 2 fully saturated rings. The molecule has 2 saturated heterocycles. The molecule has 0 aliphatic carbocycles. The topological polar surface area (TPSA) is 90.3 Å². The number of ether oxygens (including phenoxy) is 1. The Balaban J connectivity index is 1.45. The van der Waals surface area contributed by atoms with Crippen molar-refractivity contribution in [3.05, 3.63) is 41.7 Å². The quantitative estimate of drug-likeness (QED) is 0.388. The van der Waals surface area contributed by atoms with Gasteiger partial charge in [0.25, 0.3) is 5.23 Å². The smallest absolute Gasteiger partial charge is 0.269 e. The summed E-state index contributed by atoms with van der Waals surface area (Å²) in [5, 5.41) is 13.6. The summed E-state index contributed by atoms with van der Waals surface area (Å²) in [5.41, 5.74) is 2.52. The van der Waals surface area contributed by atoms with Crippen molar-refractivity contribution in [1.82, 2.24) is 14.7 Å². The molecular formula is C25H36N6O2S. The molecule has 2 N–H and O–H groups in total. The molecule has 0 amide bonds. The zero-order valence-corrected chi connectivity index (χ0v) is 21.7. The van der Waals surface area contributed by atoms with Crippen molar-refractivity contribution in [2.24, 2.45) is 33.9 Å². The van der Waals surface area contributed by atoms with Gasteiger partial charge in [-0.05, 0) is 56.2 Å². The molecule has 8 nitrogen and oxygen atoms in total. The van der Waals surface area contributed by atoms with Gasteiger partial charge in [0.15, 0.2) is 5.75 Å². The highest BCUT2D eigenvalue weighted by Crippen LogP contribution is 2.43. The molecule has 9 heteroatoms. The zero-order valence-electron chi connectivity index (χ0n) is 20.9. The summed E-state index contributed by atoms with van der Waals surface area (Å²) in [6, 6.07) is 8.67. The second kappa shape index (κ2) is 10.5. The largest absolute Gasteiger partial charge is 0.468 e. The third kappa shape index (κ3) is 5.01. The van der Waals surface area contributed by atoms with Gasteiger partial charge in [0.1, 0.15) is 6.10 Å². The van der Waals surface area contributed by atoms with Gasteiger partial charge in [-0.2, -0.15) is 16.1 Å². The summed E-state index contributed by atoms with van der Waals surface area (Å²) < 4.78 is 8.11. The lowest BCUT2D eigenvalue weighted by Gasteiger charge is -2.55. The standard InChI is InChI=1S/C25H36N6O2S/c1-15-9-10-31(29-15)20-8-7-19(24(11-20)33-26)14-27-28-25(34-6)32-21-12-22-17(3)16(2)18(4)23(13-21)30(22)5/h7-11,14,16-18,21-23H,12-13,26H2,1-6H3/b27-14+,28-25-. The van der Waals surface area contributed by atoms with Crippen LogP contribution in [0.4, 0.5) is 0 Å². The molecule has 34 heavy (non-hydrogen) atoms. The summed E-state index contributed by atoms with van der Waals surface area (Å²) in [6.07, 6.45) is 7.69. The predicted molar refractivity (Wildman–Crippen MR) is 139 cm³/mol. The monoisotopic (exact) mass is 484 g/mol. The Labute approximate surface area is 206 Å². The third-order valence-corrected chi connectivity index (χ3v) is 8.34. The number of aryl methyl sites for hydroxylation is 1. The number of nitrogens with two attached hydrogens (primary N) is 1. The highest BCUT2D eigenvalue weighted by atomic mass is 32.2. The fourth-order valence-corrected chi connectivity index (χ4v) is 5.85. The maximum Gasteiger partial charge on any atom is 0.269 e. The molecule has 2 aliphatic rings. The van der Waals surface area contributed by atoms with Crippen molar-refractivity contribution in [2.75, 3.05) is 13.3 Å². The second-order valence-corrected chi connectivity index (χ2v) is 10.4. The Kier molecular flexibility index (Phi) is 7.64. The van der Waals surface area contributed by atoms with Crippen LogP contribution in [-0.4, -0.2) is 57.6 Å². The van der Waals surface area contributed by atoms with E-state index in [1.807, 2.05) is 43.6 Å². The molecule has 2 aromatic rings. The van der Waals surface area contributed by atoms with Gasteiger partial charge in [-0.15, -0.1) is 5.10 Å². The van der Waals surface area contributed by atoms with Crippen molar-refractivity contribution >= 4 is 23.2 Å². The summed E-state index contributed by atoms with van der Waals surface area (Å²) in [4.78, 5) is 7.65. The van der Waals surface area contributed by atoms with Crippen molar-refractivity contribution in [3.63, 3.8) is 0 Å². The Bertz CT molecular complexity index is 1030. The number of hydrogen-bond donors (Lipinski definition) is 1. The van der Waals surface area contributed by atoms with Gasteiger partial charge in [0.2, 0.25) is 0 Å². The molecular weight excluding hydrogens is 448 g/mol. The number of benzene rings is 1. The summed E-state index contributed by atoms with van der Waals surface area (Å²) in [5.74, 6) is 8.04. The van der Waals surface area contributed by atoms with Gasteiger partial charge in [-0.3, -0.25) is 4.90 Å². The number of thioether (sulfide) groups is 1. The highest BCUT2D eigenvalue weighted by molar-refractivity contribution is 8.12. The Hall–Kier alpha value is -2.36. The molecule has 3 heterocycles.